The quantitative estimate of drug-likeness (QED) is 0.363. The highest BCUT2D eigenvalue weighted by Crippen LogP contribution is 2.35. The lowest BCUT2D eigenvalue weighted by Gasteiger charge is -2.34. The molecule has 7 heteroatoms. The molecule has 1 amide bonds. The van der Waals surface area contributed by atoms with Gasteiger partial charge in [0.05, 0.1) is 30.6 Å². The zero-order chi connectivity index (χ0) is 23.5. The Hall–Kier alpha value is -4.13. The molecule has 4 aromatic rings. The molecule has 2 aromatic heterocycles. The van der Waals surface area contributed by atoms with Crippen molar-refractivity contribution in [2.24, 2.45) is 0 Å². The zero-order valence-electron chi connectivity index (χ0n) is 19.1. The number of rotatable bonds is 6. The second kappa shape index (κ2) is 9.39. The molecule has 172 valence electrons. The van der Waals surface area contributed by atoms with Gasteiger partial charge in [-0.15, -0.1) is 0 Å². The second-order valence-corrected chi connectivity index (χ2v) is 8.20. The molecule has 1 aliphatic heterocycles. The van der Waals surface area contributed by atoms with Gasteiger partial charge in [0.2, 0.25) is 5.91 Å². The molecule has 0 bridgehead atoms. The zero-order valence-corrected chi connectivity index (χ0v) is 19.1. The van der Waals surface area contributed by atoms with E-state index in [1.165, 1.54) is 6.08 Å². The van der Waals surface area contributed by atoms with Crippen LogP contribution in [-0.2, 0) is 4.79 Å². The SMILES string of the molecule is C=CC(=O)N1CCCC[C@H]1c1nc(-c2ccc(Oc3cccc(OC)c3)cc2)c2cnccn12. The van der Waals surface area contributed by atoms with Crippen molar-refractivity contribution >= 4 is 11.4 Å². The Morgan fingerprint density at radius 2 is 1.94 bits per heavy atom. The Morgan fingerprint density at radius 3 is 2.74 bits per heavy atom. The summed E-state index contributed by atoms with van der Waals surface area (Å²) in [5, 5.41) is 0. The van der Waals surface area contributed by atoms with Crippen LogP contribution in [0.2, 0.25) is 0 Å². The maximum Gasteiger partial charge on any atom is 0.246 e. The molecule has 0 spiro atoms. The van der Waals surface area contributed by atoms with Crippen LogP contribution in [0.1, 0.15) is 31.1 Å². The van der Waals surface area contributed by atoms with Gasteiger partial charge in [-0.25, -0.2) is 4.98 Å². The number of aromatic nitrogens is 3. The summed E-state index contributed by atoms with van der Waals surface area (Å²) in [5.41, 5.74) is 2.68. The van der Waals surface area contributed by atoms with Crippen molar-refractivity contribution in [2.45, 2.75) is 25.3 Å². The highest BCUT2D eigenvalue weighted by molar-refractivity contribution is 5.87. The van der Waals surface area contributed by atoms with Gasteiger partial charge in [-0.05, 0) is 61.7 Å². The first kappa shape index (κ1) is 21.7. The van der Waals surface area contributed by atoms with Gasteiger partial charge in [0.15, 0.2) is 0 Å². The third-order valence-corrected chi connectivity index (χ3v) is 6.14. The number of carbonyl (C=O) groups excluding carboxylic acids is 1. The van der Waals surface area contributed by atoms with E-state index in [1.54, 1.807) is 13.3 Å². The first-order chi connectivity index (χ1) is 16.7. The average Bonchev–Trinajstić information content (AvgIpc) is 3.28. The first-order valence-corrected chi connectivity index (χ1v) is 11.4. The maximum atomic E-state index is 12.5. The van der Waals surface area contributed by atoms with Crippen molar-refractivity contribution in [3.8, 4) is 28.5 Å². The number of hydrogen-bond acceptors (Lipinski definition) is 5. The number of amides is 1. The minimum absolute atomic E-state index is 0.0592. The smallest absolute Gasteiger partial charge is 0.246 e. The van der Waals surface area contributed by atoms with Crippen LogP contribution in [0.15, 0.2) is 79.8 Å². The molecule has 1 atom stereocenters. The van der Waals surface area contributed by atoms with Gasteiger partial charge in [-0.3, -0.25) is 14.2 Å². The Bertz CT molecular complexity index is 1330. The lowest BCUT2D eigenvalue weighted by atomic mass is 10.0. The third kappa shape index (κ3) is 4.12. The number of ether oxygens (including phenoxy) is 2. The van der Waals surface area contributed by atoms with Crippen molar-refractivity contribution in [2.75, 3.05) is 13.7 Å². The van der Waals surface area contributed by atoms with E-state index in [1.807, 2.05) is 70.2 Å². The fourth-order valence-electron chi connectivity index (χ4n) is 4.47. The number of fused-ring (bicyclic) bond motifs is 1. The van der Waals surface area contributed by atoms with Crippen LogP contribution in [0.5, 0.6) is 17.2 Å². The molecule has 0 radical (unpaired) electrons. The van der Waals surface area contributed by atoms with Crippen molar-refractivity contribution in [3.63, 3.8) is 0 Å². The lowest BCUT2D eigenvalue weighted by molar-refractivity contribution is -0.129. The standard InChI is InChI=1S/C27H26N4O3/c1-3-25(32)30-15-5-4-9-23(30)27-29-26(24-18-28-14-16-31(24)27)19-10-12-20(13-11-19)34-22-8-6-7-21(17-22)33-2/h3,6-8,10-14,16-18,23H,1,4-5,9,15H2,2H3/t23-/m0/s1. The summed E-state index contributed by atoms with van der Waals surface area (Å²) in [7, 11) is 1.63. The molecule has 0 N–H and O–H groups in total. The lowest BCUT2D eigenvalue weighted by Crippen LogP contribution is -2.38. The summed E-state index contributed by atoms with van der Waals surface area (Å²) >= 11 is 0. The molecule has 34 heavy (non-hydrogen) atoms. The van der Waals surface area contributed by atoms with E-state index in [4.69, 9.17) is 14.5 Å². The highest BCUT2D eigenvalue weighted by Gasteiger charge is 2.30. The summed E-state index contributed by atoms with van der Waals surface area (Å²) in [6.07, 6.45) is 9.77. The number of carbonyl (C=O) groups is 1. The van der Waals surface area contributed by atoms with Crippen LogP contribution in [0.25, 0.3) is 16.8 Å². The molecule has 2 aromatic carbocycles. The van der Waals surface area contributed by atoms with Crippen molar-refractivity contribution in [1.82, 2.24) is 19.3 Å². The van der Waals surface area contributed by atoms with Gasteiger partial charge in [-0.2, -0.15) is 0 Å². The minimum Gasteiger partial charge on any atom is -0.497 e. The maximum absolute atomic E-state index is 12.5. The molecular formula is C27H26N4O3. The van der Waals surface area contributed by atoms with E-state index >= 15 is 0 Å². The highest BCUT2D eigenvalue weighted by atomic mass is 16.5. The summed E-state index contributed by atoms with van der Waals surface area (Å²) in [6.45, 7) is 4.39. The largest absolute Gasteiger partial charge is 0.497 e. The molecule has 0 aliphatic carbocycles. The van der Waals surface area contributed by atoms with Gasteiger partial charge in [-0.1, -0.05) is 12.6 Å². The predicted octanol–water partition coefficient (Wildman–Crippen LogP) is 5.44. The first-order valence-electron chi connectivity index (χ1n) is 11.4. The second-order valence-electron chi connectivity index (χ2n) is 8.20. The number of imidazole rings is 1. The van der Waals surface area contributed by atoms with E-state index in [0.717, 1.165) is 47.6 Å². The van der Waals surface area contributed by atoms with Gasteiger partial charge >= 0.3 is 0 Å². The minimum atomic E-state index is -0.0985. The van der Waals surface area contributed by atoms with Crippen LogP contribution in [0.4, 0.5) is 0 Å². The summed E-state index contributed by atoms with van der Waals surface area (Å²) in [5.74, 6) is 2.95. The van der Waals surface area contributed by atoms with Crippen LogP contribution in [-0.4, -0.2) is 38.8 Å². The predicted molar refractivity (Wildman–Crippen MR) is 130 cm³/mol. The number of likely N-dealkylation sites (tertiary alicyclic amines) is 1. The fourth-order valence-corrected chi connectivity index (χ4v) is 4.47. The molecule has 1 aliphatic rings. The van der Waals surface area contributed by atoms with E-state index in [9.17, 15) is 4.79 Å². The average molecular weight is 455 g/mol. The normalized spacial score (nSPS) is 15.8. The molecule has 0 unspecified atom stereocenters. The van der Waals surface area contributed by atoms with Gasteiger partial charge in [0.25, 0.3) is 0 Å². The van der Waals surface area contributed by atoms with Crippen molar-refractivity contribution in [1.29, 1.82) is 0 Å². The Labute approximate surface area is 198 Å². The van der Waals surface area contributed by atoms with Gasteiger partial charge in [0.1, 0.15) is 23.1 Å². The number of hydrogen-bond donors (Lipinski definition) is 0. The molecular weight excluding hydrogens is 428 g/mol. The van der Waals surface area contributed by atoms with Gasteiger partial charge < -0.3 is 14.4 Å². The van der Waals surface area contributed by atoms with E-state index in [-0.39, 0.29) is 11.9 Å². The van der Waals surface area contributed by atoms with Crippen LogP contribution in [0, 0.1) is 0 Å². The number of benzene rings is 2. The summed E-state index contributed by atoms with van der Waals surface area (Å²) in [6, 6.07) is 15.2. The van der Waals surface area contributed by atoms with E-state index in [0.29, 0.717) is 18.0 Å². The van der Waals surface area contributed by atoms with Crippen molar-refractivity contribution < 1.29 is 14.3 Å². The molecule has 0 saturated carbocycles. The molecule has 7 nitrogen and oxygen atoms in total. The topological polar surface area (TPSA) is 69.0 Å². The summed E-state index contributed by atoms with van der Waals surface area (Å²) in [4.78, 5) is 23.8. The number of methoxy groups -OCH3 is 1. The molecule has 3 heterocycles. The molecule has 5 rings (SSSR count). The van der Waals surface area contributed by atoms with Crippen molar-refractivity contribution in [3.05, 3.63) is 85.6 Å². The van der Waals surface area contributed by atoms with Crippen LogP contribution in [0.3, 0.4) is 0 Å². The van der Waals surface area contributed by atoms with Crippen LogP contribution >= 0.6 is 0 Å². The van der Waals surface area contributed by atoms with E-state index in [2.05, 4.69) is 11.6 Å². The Balaban J connectivity index is 1.48. The summed E-state index contributed by atoms with van der Waals surface area (Å²) < 4.78 is 13.3. The van der Waals surface area contributed by atoms with Gasteiger partial charge in [0, 0.05) is 30.6 Å². The number of piperidine rings is 1. The Kier molecular flexibility index (Phi) is 5.99. The third-order valence-electron chi connectivity index (χ3n) is 6.14. The molecule has 1 fully saturated rings. The fraction of sp³-hybridized carbons (Fsp3) is 0.222. The van der Waals surface area contributed by atoms with E-state index < -0.39 is 0 Å². The molecule has 1 saturated heterocycles. The Morgan fingerprint density at radius 1 is 1.12 bits per heavy atom. The number of nitrogens with zero attached hydrogens (tertiary/aromatic N) is 4. The monoisotopic (exact) mass is 454 g/mol. The van der Waals surface area contributed by atoms with Crippen LogP contribution < -0.4 is 9.47 Å².